The fourth-order valence-corrected chi connectivity index (χ4v) is 3.03. The van der Waals surface area contributed by atoms with Gasteiger partial charge in [0.1, 0.15) is 0 Å². The summed E-state index contributed by atoms with van der Waals surface area (Å²) in [6, 6.07) is 0.0605. The van der Waals surface area contributed by atoms with Gasteiger partial charge in [0, 0.05) is 11.9 Å². The normalized spacial score (nSPS) is 13.1. The molecule has 0 saturated heterocycles. The van der Waals surface area contributed by atoms with Crippen molar-refractivity contribution in [3.05, 3.63) is 32.9 Å². The molecule has 7 heteroatoms. The molecule has 0 aromatic carbocycles. The van der Waals surface area contributed by atoms with Crippen LogP contribution in [0.25, 0.3) is 0 Å². The van der Waals surface area contributed by atoms with E-state index in [-0.39, 0.29) is 6.04 Å². The molecule has 2 aromatic heterocycles. The lowest BCUT2D eigenvalue weighted by molar-refractivity contribution is 0.366. The van der Waals surface area contributed by atoms with Crippen molar-refractivity contribution in [2.75, 3.05) is 27.7 Å². The number of hydrogen-bond acceptors (Lipinski definition) is 5. The predicted molar refractivity (Wildman–Crippen MR) is 81.5 cm³/mol. The summed E-state index contributed by atoms with van der Waals surface area (Å²) in [5, 5.41) is 9.83. The van der Waals surface area contributed by atoms with Crippen LogP contribution in [0.3, 0.4) is 0 Å². The molecule has 1 N–H and O–H groups in total. The summed E-state index contributed by atoms with van der Waals surface area (Å²) in [7, 11) is 6.07. The van der Waals surface area contributed by atoms with E-state index in [1.54, 1.807) is 11.3 Å². The van der Waals surface area contributed by atoms with Crippen LogP contribution in [0.1, 0.15) is 17.4 Å². The Hall–Kier alpha value is -0.760. The minimum absolute atomic E-state index is 0.0605. The third-order valence-corrected chi connectivity index (χ3v) is 4.12. The number of nitrogens with zero attached hydrogens (tertiary/aromatic N) is 4. The highest BCUT2D eigenvalue weighted by Gasteiger charge is 2.21. The number of thiazole rings is 1. The van der Waals surface area contributed by atoms with Crippen LogP contribution < -0.4 is 5.32 Å². The summed E-state index contributed by atoms with van der Waals surface area (Å²) in [5.41, 5.74) is 4.00. The van der Waals surface area contributed by atoms with Crippen LogP contribution in [-0.2, 0) is 6.54 Å². The average Bonchev–Trinajstić information content (AvgIpc) is 3.00. The Kier molecular flexibility index (Phi) is 5.09. The average molecular weight is 344 g/mol. The molecular weight excluding hydrogens is 326 g/mol. The van der Waals surface area contributed by atoms with E-state index in [9.17, 15) is 0 Å². The molecule has 0 radical (unpaired) electrons. The van der Waals surface area contributed by atoms with Crippen molar-refractivity contribution in [1.29, 1.82) is 0 Å². The topological polar surface area (TPSA) is 46.0 Å². The van der Waals surface area contributed by atoms with Crippen molar-refractivity contribution in [1.82, 2.24) is 25.0 Å². The molecule has 0 aliphatic heterocycles. The monoisotopic (exact) mass is 343 g/mol. The standard InChI is InChI=1S/C12H18BrN5S/c1-14-11(10-7-19-8-15-10)12-9(13)6-16-18(12)5-4-17(2)3/h6-8,11,14H,4-5H2,1-3H3. The first kappa shape index (κ1) is 14.6. The molecule has 2 aromatic rings. The molecular formula is C12H18BrN5S. The van der Waals surface area contributed by atoms with Crippen molar-refractivity contribution in [3.63, 3.8) is 0 Å². The summed E-state index contributed by atoms with van der Waals surface area (Å²) in [4.78, 5) is 6.55. The molecule has 1 unspecified atom stereocenters. The Morgan fingerprint density at radius 3 is 2.89 bits per heavy atom. The molecule has 0 amide bonds. The maximum Gasteiger partial charge on any atom is 0.0939 e. The number of rotatable bonds is 6. The fourth-order valence-electron chi connectivity index (χ4n) is 1.92. The van der Waals surface area contributed by atoms with E-state index in [1.165, 1.54) is 0 Å². The van der Waals surface area contributed by atoms with Gasteiger partial charge in [0.05, 0.1) is 40.2 Å². The summed E-state index contributed by atoms with van der Waals surface area (Å²) in [6.45, 7) is 1.81. The first-order valence-electron chi connectivity index (χ1n) is 6.04. The number of hydrogen-bond donors (Lipinski definition) is 1. The second kappa shape index (κ2) is 6.60. The van der Waals surface area contributed by atoms with E-state index in [0.29, 0.717) is 0 Å². The maximum absolute atomic E-state index is 4.45. The number of nitrogens with one attached hydrogen (secondary N) is 1. The van der Waals surface area contributed by atoms with Gasteiger partial charge < -0.3 is 10.2 Å². The quantitative estimate of drug-likeness (QED) is 0.870. The Morgan fingerprint density at radius 1 is 1.53 bits per heavy atom. The molecule has 0 aliphatic rings. The molecule has 0 bridgehead atoms. The van der Waals surface area contributed by atoms with E-state index in [4.69, 9.17) is 0 Å². The highest BCUT2D eigenvalue weighted by atomic mass is 79.9. The van der Waals surface area contributed by atoms with Gasteiger partial charge in [0.15, 0.2) is 0 Å². The second-order valence-corrected chi connectivity index (χ2v) is 6.11. The summed E-state index contributed by atoms with van der Waals surface area (Å²) < 4.78 is 3.04. The highest BCUT2D eigenvalue weighted by molar-refractivity contribution is 9.10. The largest absolute Gasteiger partial charge is 0.308 e. The van der Waals surface area contributed by atoms with Gasteiger partial charge in [-0.1, -0.05) is 0 Å². The third-order valence-electron chi connectivity index (χ3n) is 2.90. The van der Waals surface area contributed by atoms with Crippen LogP contribution in [0.2, 0.25) is 0 Å². The Balaban J connectivity index is 2.29. The van der Waals surface area contributed by atoms with Crippen LogP contribution in [0.4, 0.5) is 0 Å². The minimum atomic E-state index is 0.0605. The van der Waals surface area contributed by atoms with Crippen molar-refractivity contribution in [3.8, 4) is 0 Å². The van der Waals surface area contributed by atoms with Gasteiger partial charge in [-0.05, 0) is 37.1 Å². The molecule has 0 spiro atoms. The SMILES string of the molecule is CNC(c1cscn1)c1c(Br)cnn1CCN(C)C. The van der Waals surface area contributed by atoms with Crippen LogP contribution in [-0.4, -0.2) is 47.4 Å². The number of aromatic nitrogens is 3. The van der Waals surface area contributed by atoms with Crippen LogP contribution in [0.5, 0.6) is 0 Å². The lowest BCUT2D eigenvalue weighted by Crippen LogP contribution is -2.25. The van der Waals surface area contributed by atoms with Crippen molar-refractivity contribution in [2.45, 2.75) is 12.6 Å². The van der Waals surface area contributed by atoms with Gasteiger partial charge in [-0.3, -0.25) is 4.68 Å². The van der Waals surface area contributed by atoms with Gasteiger partial charge >= 0.3 is 0 Å². The predicted octanol–water partition coefficient (Wildman–Crippen LogP) is 1.97. The first-order valence-corrected chi connectivity index (χ1v) is 7.78. The van der Waals surface area contributed by atoms with Crippen LogP contribution in [0, 0.1) is 0 Å². The zero-order valence-corrected chi connectivity index (χ0v) is 13.7. The number of likely N-dealkylation sites (N-methyl/N-ethyl adjacent to an activating group) is 1. The van der Waals surface area contributed by atoms with E-state index in [1.807, 2.05) is 23.4 Å². The van der Waals surface area contributed by atoms with Crippen LogP contribution in [0.15, 0.2) is 21.6 Å². The van der Waals surface area contributed by atoms with E-state index in [0.717, 1.165) is 29.0 Å². The van der Waals surface area contributed by atoms with Crippen LogP contribution >= 0.6 is 27.3 Å². The molecule has 2 rings (SSSR count). The lowest BCUT2D eigenvalue weighted by Gasteiger charge is -2.18. The molecule has 0 saturated carbocycles. The Bertz CT molecular complexity index is 508. The van der Waals surface area contributed by atoms with Gasteiger partial charge in [0.2, 0.25) is 0 Å². The molecule has 1 atom stereocenters. The highest BCUT2D eigenvalue weighted by Crippen LogP contribution is 2.28. The van der Waals surface area contributed by atoms with E-state index < -0.39 is 0 Å². The van der Waals surface area contributed by atoms with Gasteiger partial charge in [0.25, 0.3) is 0 Å². The minimum Gasteiger partial charge on any atom is -0.308 e. The zero-order chi connectivity index (χ0) is 13.8. The summed E-state index contributed by atoms with van der Waals surface area (Å²) in [6.07, 6.45) is 1.85. The summed E-state index contributed by atoms with van der Waals surface area (Å²) >= 11 is 5.20. The van der Waals surface area contributed by atoms with Gasteiger partial charge in [-0.2, -0.15) is 5.10 Å². The number of halogens is 1. The first-order chi connectivity index (χ1) is 9.13. The molecule has 5 nitrogen and oxygen atoms in total. The molecule has 19 heavy (non-hydrogen) atoms. The molecule has 2 heterocycles. The molecule has 104 valence electrons. The van der Waals surface area contributed by atoms with E-state index >= 15 is 0 Å². The van der Waals surface area contributed by atoms with Crippen molar-refractivity contribution in [2.24, 2.45) is 0 Å². The lowest BCUT2D eigenvalue weighted by atomic mass is 10.1. The Morgan fingerprint density at radius 2 is 2.32 bits per heavy atom. The van der Waals surface area contributed by atoms with Crippen molar-refractivity contribution >= 4 is 27.3 Å². The molecule has 0 aliphatic carbocycles. The van der Waals surface area contributed by atoms with Crippen molar-refractivity contribution < 1.29 is 0 Å². The Labute approximate surface area is 125 Å². The van der Waals surface area contributed by atoms with Gasteiger partial charge in [-0.25, -0.2) is 4.98 Å². The summed E-state index contributed by atoms with van der Waals surface area (Å²) in [5.74, 6) is 0. The smallest absolute Gasteiger partial charge is 0.0939 e. The molecule has 0 fully saturated rings. The fraction of sp³-hybridized carbons (Fsp3) is 0.500. The van der Waals surface area contributed by atoms with E-state index in [2.05, 4.69) is 55.7 Å². The zero-order valence-electron chi connectivity index (χ0n) is 11.3. The maximum atomic E-state index is 4.45. The van der Waals surface area contributed by atoms with Gasteiger partial charge in [-0.15, -0.1) is 11.3 Å². The third kappa shape index (κ3) is 3.42. The second-order valence-electron chi connectivity index (χ2n) is 4.54.